The fourth-order valence-corrected chi connectivity index (χ4v) is 1.75. The second kappa shape index (κ2) is 3.31. The first kappa shape index (κ1) is 9.83. The lowest BCUT2D eigenvalue weighted by Crippen LogP contribution is -1.91. The van der Waals surface area contributed by atoms with E-state index in [1.165, 1.54) is 18.4 Å². The second-order valence-electron chi connectivity index (χ2n) is 3.59. The van der Waals surface area contributed by atoms with E-state index in [0.29, 0.717) is 0 Å². The van der Waals surface area contributed by atoms with Gasteiger partial charge in [0.1, 0.15) is 23.0 Å². The molecule has 3 rings (SSSR count). The van der Waals surface area contributed by atoms with Crippen molar-refractivity contribution in [1.82, 2.24) is 10.2 Å². The molecule has 0 saturated heterocycles. The largest absolute Gasteiger partial charge is 0.464 e. The lowest BCUT2D eigenvalue weighted by atomic mass is 10.1. The molecule has 2 heterocycles. The van der Waals surface area contributed by atoms with Gasteiger partial charge in [0, 0.05) is 12.1 Å². The molecule has 1 aromatic carbocycles. The van der Waals surface area contributed by atoms with Gasteiger partial charge < -0.3 is 10.2 Å². The molecule has 3 aromatic rings. The zero-order valence-corrected chi connectivity index (χ0v) is 8.50. The molecule has 0 atom stereocenters. The summed E-state index contributed by atoms with van der Waals surface area (Å²) in [6, 6.07) is 3.94. The Morgan fingerprint density at radius 1 is 1.29 bits per heavy atom. The van der Waals surface area contributed by atoms with Crippen molar-refractivity contribution in [2.24, 2.45) is 0 Å². The van der Waals surface area contributed by atoms with Crippen LogP contribution in [0.15, 0.2) is 28.9 Å². The fraction of sp³-hybridized carbons (Fsp3) is 0. The average molecular weight is 235 g/mol. The van der Waals surface area contributed by atoms with Gasteiger partial charge in [-0.2, -0.15) is 5.10 Å². The Balaban J connectivity index is 2.35. The van der Waals surface area contributed by atoms with Crippen molar-refractivity contribution >= 4 is 16.8 Å². The summed E-state index contributed by atoms with van der Waals surface area (Å²) in [7, 11) is 0. The van der Waals surface area contributed by atoms with Crippen LogP contribution in [0.5, 0.6) is 0 Å². The molecule has 4 nitrogen and oxygen atoms in total. The van der Waals surface area contributed by atoms with E-state index in [9.17, 15) is 8.78 Å². The molecule has 86 valence electrons. The maximum Gasteiger partial charge on any atom is 0.146 e. The molecular formula is C11H7F2N3O. The van der Waals surface area contributed by atoms with Crippen molar-refractivity contribution in [3.8, 4) is 11.3 Å². The van der Waals surface area contributed by atoms with Crippen molar-refractivity contribution in [3.05, 3.63) is 36.1 Å². The van der Waals surface area contributed by atoms with E-state index >= 15 is 0 Å². The number of furan rings is 1. The fourth-order valence-electron chi connectivity index (χ4n) is 1.75. The minimum Gasteiger partial charge on any atom is -0.464 e. The minimum atomic E-state index is -0.728. The summed E-state index contributed by atoms with van der Waals surface area (Å²) in [4.78, 5) is 0. The van der Waals surface area contributed by atoms with Gasteiger partial charge in [-0.25, -0.2) is 8.78 Å². The van der Waals surface area contributed by atoms with E-state index in [1.54, 1.807) is 0 Å². The number of halogens is 2. The maximum absolute atomic E-state index is 14.1. The highest BCUT2D eigenvalue weighted by atomic mass is 19.1. The van der Waals surface area contributed by atoms with E-state index in [2.05, 4.69) is 10.2 Å². The normalized spacial score (nSPS) is 11.2. The lowest BCUT2D eigenvalue weighted by molar-refractivity contribution is 0.581. The van der Waals surface area contributed by atoms with Crippen molar-refractivity contribution < 1.29 is 13.2 Å². The molecule has 0 aliphatic carbocycles. The Kier molecular flexibility index (Phi) is 1.91. The standard InChI is InChI=1S/C11H7F2N3O/c12-6-3-8-5(1-2-17-8)11(13)10(6)7-4-9(14)16-15-7/h1-4H,(H3,14,15,16). The number of hydrogen-bond acceptors (Lipinski definition) is 3. The van der Waals surface area contributed by atoms with Crippen molar-refractivity contribution in [2.75, 3.05) is 5.73 Å². The maximum atomic E-state index is 14.1. The number of benzene rings is 1. The molecule has 0 aliphatic heterocycles. The van der Waals surface area contributed by atoms with Crippen LogP contribution in [0.3, 0.4) is 0 Å². The molecule has 0 aliphatic rings. The van der Waals surface area contributed by atoms with Crippen LogP contribution >= 0.6 is 0 Å². The summed E-state index contributed by atoms with van der Waals surface area (Å²) in [5, 5.41) is 6.33. The molecule has 0 fully saturated rings. The number of hydrogen-bond donors (Lipinski definition) is 2. The lowest BCUT2D eigenvalue weighted by Gasteiger charge is -2.02. The number of rotatable bonds is 1. The molecule has 0 unspecified atom stereocenters. The highest BCUT2D eigenvalue weighted by Crippen LogP contribution is 2.31. The van der Waals surface area contributed by atoms with Crippen molar-refractivity contribution in [1.29, 1.82) is 0 Å². The monoisotopic (exact) mass is 235 g/mol. The van der Waals surface area contributed by atoms with Crippen LogP contribution in [0, 0.1) is 11.6 Å². The van der Waals surface area contributed by atoms with Crippen LogP contribution in [0.2, 0.25) is 0 Å². The summed E-state index contributed by atoms with van der Waals surface area (Å²) >= 11 is 0. The van der Waals surface area contributed by atoms with Gasteiger partial charge in [-0.1, -0.05) is 0 Å². The van der Waals surface area contributed by atoms with E-state index in [1.807, 2.05) is 0 Å². The van der Waals surface area contributed by atoms with E-state index < -0.39 is 11.6 Å². The topological polar surface area (TPSA) is 67.8 Å². The number of fused-ring (bicyclic) bond motifs is 1. The first-order chi connectivity index (χ1) is 8.16. The molecule has 0 saturated carbocycles. The number of aromatic amines is 1. The van der Waals surface area contributed by atoms with Gasteiger partial charge in [-0.15, -0.1) is 0 Å². The van der Waals surface area contributed by atoms with E-state index in [4.69, 9.17) is 10.2 Å². The Labute approximate surface area is 94.0 Å². The van der Waals surface area contributed by atoms with Crippen LogP contribution in [0.1, 0.15) is 0 Å². The molecule has 2 aromatic heterocycles. The summed E-state index contributed by atoms with van der Waals surface area (Å²) in [6.45, 7) is 0. The zero-order valence-electron chi connectivity index (χ0n) is 8.50. The summed E-state index contributed by atoms with van der Waals surface area (Å²) < 4.78 is 32.8. The number of anilines is 1. The molecule has 0 bridgehead atoms. The van der Waals surface area contributed by atoms with E-state index in [-0.39, 0.29) is 28.0 Å². The predicted molar refractivity (Wildman–Crippen MR) is 58.1 cm³/mol. The minimum absolute atomic E-state index is 0.163. The third-order valence-corrected chi connectivity index (χ3v) is 2.51. The van der Waals surface area contributed by atoms with Gasteiger partial charge >= 0.3 is 0 Å². The SMILES string of the molecule is Nc1cc(-c2c(F)cc3occc3c2F)[nH]n1. The van der Waals surface area contributed by atoms with Gasteiger partial charge in [0.15, 0.2) is 0 Å². The number of nitrogen functional groups attached to an aromatic ring is 1. The van der Waals surface area contributed by atoms with Crippen LogP contribution in [0.4, 0.5) is 14.6 Å². The molecule has 0 radical (unpaired) electrons. The Morgan fingerprint density at radius 2 is 2.12 bits per heavy atom. The van der Waals surface area contributed by atoms with Gasteiger partial charge in [0.25, 0.3) is 0 Å². The van der Waals surface area contributed by atoms with Crippen molar-refractivity contribution in [3.63, 3.8) is 0 Å². The third-order valence-electron chi connectivity index (χ3n) is 2.51. The molecule has 0 amide bonds. The van der Waals surface area contributed by atoms with Gasteiger partial charge in [0.05, 0.1) is 22.9 Å². The highest BCUT2D eigenvalue weighted by Gasteiger charge is 2.18. The summed E-state index contributed by atoms with van der Waals surface area (Å²) in [6.07, 6.45) is 1.30. The number of H-pyrrole nitrogens is 1. The molecule has 17 heavy (non-hydrogen) atoms. The van der Waals surface area contributed by atoms with Gasteiger partial charge in [-0.3, -0.25) is 5.10 Å². The first-order valence-corrected chi connectivity index (χ1v) is 4.83. The zero-order chi connectivity index (χ0) is 12.0. The third kappa shape index (κ3) is 1.37. The molecule has 3 N–H and O–H groups in total. The number of nitrogens with two attached hydrogens (primary N) is 1. The number of nitrogens with one attached hydrogen (secondary N) is 1. The Morgan fingerprint density at radius 3 is 2.82 bits per heavy atom. The molecular weight excluding hydrogens is 228 g/mol. The van der Waals surface area contributed by atoms with E-state index in [0.717, 1.165) is 6.07 Å². The summed E-state index contributed by atoms with van der Waals surface area (Å²) in [5.41, 5.74) is 5.57. The molecule has 6 heteroatoms. The van der Waals surface area contributed by atoms with Crippen LogP contribution in [-0.2, 0) is 0 Å². The first-order valence-electron chi connectivity index (χ1n) is 4.83. The van der Waals surface area contributed by atoms with Crippen molar-refractivity contribution in [2.45, 2.75) is 0 Å². The van der Waals surface area contributed by atoms with Crippen LogP contribution < -0.4 is 5.73 Å². The second-order valence-corrected chi connectivity index (χ2v) is 3.59. The number of nitrogens with zero attached hydrogens (tertiary/aromatic N) is 1. The highest BCUT2D eigenvalue weighted by molar-refractivity contribution is 5.84. The van der Waals surface area contributed by atoms with Gasteiger partial charge in [0.2, 0.25) is 0 Å². The number of aromatic nitrogens is 2. The Bertz CT molecular complexity index is 702. The van der Waals surface area contributed by atoms with Crippen LogP contribution in [0.25, 0.3) is 22.2 Å². The smallest absolute Gasteiger partial charge is 0.146 e. The predicted octanol–water partition coefficient (Wildman–Crippen LogP) is 2.68. The summed E-state index contributed by atoms with van der Waals surface area (Å²) in [5.74, 6) is -1.25. The Hall–Kier alpha value is -2.37. The van der Waals surface area contributed by atoms with Crippen LogP contribution in [-0.4, -0.2) is 10.2 Å². The average Bonchev–Trinajstić information content (AvgIpc) is 2.87. The quantitative estimate of drug-likeness (QED) is 0.681. The van der Waals surface area contributed by atoms with Gasteiger partial charge in [-0.05, 0) is 6.07 Å². The molecule has 0 spiro atoms.